The first-order chi connectivity index (χ1) is 18.8. The van der Waals surface area contributed by atoms with Gasteiger partial charge in [-0.25, -0.2) is 15.0 Å². The minimum Gasteiger partial charge on any atom is -0.399 e. The topological polar surface area (TPSA) is 57.1 Å². The first kappa shape index (κ1) is 25.2. The molecule has 0 saturated carbocycles. The van der Waals surface area contributed by atoms with E-state index in [2.05, 4.69) is 58.0 Å². The van der Waals surface area contributed by atoms with Crippen LogP contribution in [0.25, 0.3) is 45.3 Å². The fourth-order valence-corrected chi connectivity index (χ4v) is 4.67. The molecule has 1 aliphatic heterocycles. The lowest BCUT2D eigenvalue weighted by atomic mass is 9.77. The second-order valence-electron chi connectivity index (χ2n) is 10.8. The van der Waals surface area contributed by atoms with Gasteiger partial charge in [0.2, 0.25) is 0 Å². The highest BCUT2D eigenvalue weighted by Crippen LogP contribution is 2.38. The number of aromatic nitrogens is 3. The Morgan fingerprint density at radius 3 is 1.41 bits per heavy atom. The number of benzene rings is 4. The molecule has 4 aromatic carbocycles. The zero-order valence-electron chi connectivity index (χ0n) is 22.6. The normalized spacial score (nSPS) is 15.8. The number of hydrogen-bond acceptors (Lipinski definition) is 5. The van der Waals surface area contributed by atoms with Crippen LogP contribution in [0, 0.1) is 0 Å². The van der Waals surface area contributed by atoms with Gasteiger partial charge in [-0.1, -0.05) is 109 Å². The molecule has 0 bridgehead atoms. The van der Waals surface area contributed by atoms with Gasteiger partial charge in [-0.3, -0.25) is 0 Å². The van der Waals surface area contributed by atoms with Gasteiger partial charge < -0.3 is 9.31 Å². The molecule has 2 heterocycles. The molecule has 0 spiro atoms. The van der Waals surface area contributed by atoms with Gasteiger partial charge in [0.15, 0.2) is 17.5 Å². The molecule has 5 aromatic rings. The molecule has 192 valence electrons. The summed E-state index contributed by atoms with van der Waals surface area (Å²) < 4.78 is 12.8. The third-order valence-corrected chi connectivity index (χ3v) is 7.59. The van der Waals surface area contributed by atoms with Crippen LogP contribution in [-0.4, -0.2) is 33.3 Å². The maximum absolute atomic E-state index is 6.40. The Morgan fingerprint density at radius 2 is 0.923 bits per heavy atom. The van der Waals surface area contributed by atoms with Gasteiger partial charge in [0.05, 0.1) is 11.2 Å². The molecule has 1 fully saturated rings. The van der Waals surface area contributed by atoms with E-state index in [1.165, 1.54) is 0 Å². The van der Waals surface area contributed by atoms with Crippen molar-refractivity contribution in [1.82, 2.24) is 15.0 Å². The van der Waals surface area contributed by atoms with Crippen LogP contribution in [-0.2, 0) is 9.31 Å². The van der Waals surface area contributed by atoms with Crippen molar-refractivity contribution in [2.45, 2.75) is 38.9 Å². The Labute approximate surface area is 230 Å². The Balaban J connectivity index is 1.56. The molecule has 5 nitrogen and oxygen atoms in total. The van der Waals surface area contributed by atoms with E-state index < -0.39 is 18.3 Å². The predicted molar refractivity (Wildman–Crippen MR) is 157 cm³/mol. The van der Waals surface area contributed by atoms with Crippen molar-refractivity contribution >= 4 is 12.6 Å². The first-order valence-electron chi connectivity index (χ1n) is 13.2. The SMILES string of the molecule is CC1(C)OB(c2ccc(-c3ccccc3)c(-c3nc(-c4ccccc4)nc(-c4ccccc4)n3)c2)OC1(C)C. The third-order valence-electron chi connectivity index (χ3n) is 7.59. The van der Waals surface area contributed by atoms with Crippen LogP contribution in [0.15, 0.2) is 109 Å². The molecular formula is C33H30BN3O2. The van der Waals surface area contributed by atoms with E-state index in [1.807, 2.05) is 78.9 Å². The van der Waals surface area contributed by atoms with Crippen LogP contribution in [0.5, 0.6) is 0 Å². The second kappa shape index (κ2) is 9.88. The van der Waals surface area contributed by atoms with Gasteiger partial charge in [0.25, 0.3) is 0 Å². The summed E-state index contributed by atoms with van der Waals surface area (Å²) in [6, 6.07) is 36.6. The zero-order valence-corrected chi connectivity index (χ0v) is 22.6. The average Bonchev–Trinajstić information content (AvgIpc) is 3.20. The summed E-state index contributed by atoms with van der Waals surface area (Å²) in [5.74, 6) is 1.85. The summed E-state index contributed by atoms with van der Waals surface area (Å²) in [5, 5.41) is 0. The Kier molecular flexibility index (Phi) is 6.38. The van der Waals surface area contributed by atoms with Crippen molar-refractivity contribution in [3.63, 3.8) is 0 Å². The van der Waals surface area contributed by atoms with Crippen LogP contribution in [0.1, 0.15) is 27.7 Å². The summed E-state index contributed by atoms with van der Waals surface area (Å²) >= 11 is 0. The number of nitrogens with zero attached hydrogens (tertiary/aromatic N) is 3. The van der Waals surface area contributed by atoms with E-state index in [0.29, 0.717) is 17.5 Å². The lowest BCUT2D eigenvalue weighted by molar-refractivity contribution is 0.00578. The molecule has 0 atom stereocenters. The highest BCUT2D eigenvalue weighted by atomic mass is 16.7. The molecule has 0 N–H and O–H groups in total. The molecule has 0 aliphatic carbocycles. The minimum atomic E-state index is -0.498. The monoisotopic (exact) mass is 511 g/mol. The van der Waals surface area contributed by atoms with E-state index in [1.54, 1.807) is 0 Å². The third kappa shape index (κ3) is 4.89. The van der Waals surface area contributed by atoms with Crippen molar-refractivity contribution < 1.29 is 9.31 Å². The minimum absolute atomic E-state index is 0.440. The largest absolute Gasteiger partial charge is 0.494 e. The van der Waals surface area contributed by atoms with Gasteiger partial charge in [-0.05, 0) is 44.3 Å². The molecule has 1 aromatic heterocycles. The summed E-state index contributed by atoms with van der Waals surface area (Å²) in [7, 11) is -0.498. The first-order valence-corrected chi connectivity index (χ1v) is 13.2. The van der Waals surface area contributed by atoms with Crippen LogP contribution >= 0.6 is 0 Å². The predicted octanol–water partition coefficient (Wildman–Crippen LogP) is 6.84. The lowest BCUT2D eigenvalue weighted by Gasteiger charge is -2.32. The Morgan fingerprint density at radius 1 is 0.487 bits per heavy atom. The molecular weight excluding hydrogens is 481 g/mol. The standard InChI is InChI=1S/C33H30BN3O2/c1-32(2)33(3,4)39-34(38-32)26-20-21-27(23-14-8-5-9-15-23)28(22-26)31-36-29(24-16-10-6-11-17-24)35-30(37-31)25-18-12-7-13-19-25/h5-22H,1-4H3. The molecule has 6 rings (SSSR count). The van der Waals surface area contributed by atoms with Crippen LogP contribution in [0.4, 0.5) is 0 Å². The van der Waals surface area contributed by atoms with Gasteiger partial charge in [0, 0.05) is 16.7 Å². The summed E-state index contributed by atoms with van der Waals surface area (Å²) in [4.78, 5) is 14.9. The quantitative estimate of drug-likeness (QED) is 0.242. The van der Waals surface area contributed by atoms with E-state index in [9.17, 15) is 0 Å². The van der Waals surface area contributed by atoms with Gasteiger partial charge in [0.1, 0.15) is 0 Å². The molecule has 0 unspecified atom stereocenters. The second-order valence-corrected chi connectivity index (χ2v) is 10.8. The molecule has 6 heteroatoms. The van der Waals surface area contributed by atoms with Crippen molar-refractivity contribution in [1.29, 1.82) is 0 Å². The molecule has 1 aliphatic rings. The maximum Gasteiger partial charge on any atom is 0.494 e. The van der Waals surface area contributed by atoms with E-state index in [4.69, 9.17) is 24.3 Å². The van der Waals surface area contributed by atoms with Crippen LogP contribution in [0.2, 0.25) is 0 Å². The van der Waals surface area contributed by atoms with E-state index in [-0.39, 0.29) is 0 Å². The van der Waals surface area contributed by atoms with Crippen molar-refractivity contribution in [3.8, 4) is 45.3 Å². The molecule has 0 amide bonds. The van der Waals surface area contributed by atoms with Gasteiger partial charge in [-0.15, -0.1) is 0 Å². The van der Waals surface area contributed by atoms with E-state index >= 15 is 0 Å². The smallest absolute Gasteiger partial charge is 0.399 e. The van der Waals surface area contributed by atoms with Gasteiger partial charge in [-0.2, -0.15) is 0 Å². The zero-order chi connectivity index (χ0) is 27.0. The highest BCUT2D eigenvalue weighted by Gasteiger charge is 2.51. The molecule has 39 heavy (non-hydrogen) atoms. The summed E-state index contributed by atoms with van der Waals surface area (Å²) in [6.45, 7) is 8.26. The number of rotatable bonds is 5. The Hall–Kier alpha value is -4.13. The maximum atomic E-state index is 6.40. The van der Waals surface area contributed by atoms with Crippen molar-refractivity contribution in [2.75, 3.05) is 0 Å². The summed E-state index contributed by atoms with van der Waals surface area (Å²) in [6.07, 6.45) is 0. The summed E-state index contributed by atoms with van der Waals surface area (Å²) in [5.41, 5.74) is 4.91. The van der Waals surface area contributed by atoms with Crippen molar-refractivity contribution in [3.05, 3.63) is 109 Å². The van der Waals surface area contributed by atoms with E-state index in [0.717, 1.165) is 33.3 Å². The lowest BCUT2D eigenvalue weighted by Crippen LogP contribution is -2.41. The molecule has 0 radical (unpaired) electrons. The highest BCUT2D eigenvalue weighted by molar-refractivity contribution is 6.62. The Bertz CT molecular complexity index is 1530. The fraction of sp³-hybridized carbons (Fsp3) is 0.182. The van der Waals surface area contributed by atoms with Crippen molar-refractivity contribution in [2.24, 2.45) is 0 Å². The van der Waals surface area contributed by atoms with Crippen LogP contribution < -0.4 is 5.46 Å². The molecule has 1 saturated heterocycles. The van der Waals surface area contributed by atoms with Gasteiger partial charge >= 0.3 is 7.12 Å². The van der Waals surface area contributed by atoms with Crippen LogP contribution in [0.3, 0.4) is 0 Å². The number of hydrogen-bond donors (Lipinski definition) is 0. The average molecular weight is 511 g/mol. The fourth-order valence-electron chi connectivity index (χ4n) is 4.67.